The van der Waals surface area contributed by atoms with Crippen molar-refractivity contribution in [2.75, 3.05) is 11.5 Å². The van der Waals surface area contributed by atoms with Crippen LogP contribution in [0, 0.1) is 0 Å². The van der Waals surface area contributed by atoms with E-state index in [2.05, 4.69) is 4.98 Å². The fourth-order valence-corrected chi connectivity index (χ4v) is 4.68. The van der Waals surface area contributed by atoms with Gasteiger partial charge in [-0.3, -0.25) is 24.3 Å². The molecule has 0 spiro atoms. The average Bonchev–Trinajstić information content (AvgIpc) is 3.19. The molecular weight excluding hydrogens is 468 g/mol. The Labute approximate surface area is 213 Å². The average molecular weight is 493 g/mol. The third kappa shape index (κ3) is 4.47. The maximum Gasteiger partial charge on any atom is 0.310 e. The first-order valence-electron chi connectivity index (χ1n) is 11.9. The molecule has 3 aromatic carbocycles. The van der Waals surface area contributed by atoms with Gasteiger partial charge in [0.1, 0.15) is 5.76 Å². The number of aliphatic hydroxyl groups is 1. The Morgan fingerprint density at radius 3 is 2.46 bits per heavy atom. The number of hydrogen-bond acceptors (Lipinski definition) is 6. The van der Waals surface area contributed by atoms with Crippen molar-refractivity contribution in [2.45, 2.75) is 19.4 Å². The van der Waals surface area contributed by atoms with Gasteiger partial charge in [-0.1, -0.05) is 60.7 Å². The summed E-state index contributed by atoms with van der Waals surface area (Å²) in [4.78, 5) is 44.2. The number of pyridine rings is 1. The monoisotopic (exact) mass is 492 g/mol. The van der Waals surface area contributed by atoms with Gasteiger partial charge in [-0.2, -0.15) is 0 Å². The minimum atomic E-state index is -0.886. The van der Waals surface area contributed by atoms with Gasteiger partial charge < -0.3 is 9.84 Å². The largest absolute Gasteiger partial charge is 0.507 e. The highest BCUT2D eigenvalue weighted by molar-refractivity contribution is 6.51. The molecule has 7 heteroatoms. The van der Waals surface area contributed by atoms with Gasteiger partial charge in [-0.15, -0.1) is 0 Å². The van der Waals surface area contributed by atoms with Crippen LogP contribution >= 0.6 is 0 Å². The molecule has 7 nitrogen and oxygen atoms in total. The maximum absolute atomic E-state index is 13.4. The van der Waals surface area contributed by atoms with Crippen LogP contribution in [0.15, 0.2) is 96.8 Å². The summed E-state index contributed by atoms with van der Waals surface area (Å²) >= 11 is 0. The summed E-state index contributed by atoms with van der Waals surface area (Å²) in [6.07, 6.45) is 3.28. The summed E-state index contributed by atoms with van der Waals surface area (Å²) in [7, 11) is 0. The standard InChI is InChI=1S/C30H24N2O5/c1-2-37-25(33)17-19-12-14-22(15-13-19)32-27(21-9-6-16-31-18-21)26(29(35)30(32)36)28(34)24-11-5-8-20-7-3-4-10-23(20)24/h3-16,18,27,34H,2,17H2,1H3/b28-26-. The van der Waals surface area contributed by atoms with Crippen LogP contribution < -0.4 is 4.90 Å². The number of ketones is 1. The SMILES string of the molecule is CCOC(=O)Cc1ccc(N2C(=O)C(=O)/C(=C(\O)c3cccc4ccccc34)C2c2cccnc2)cc1. The Kier molecular flexibility index (Phi) is 6.51. The molecule has 0 bridgehead atoms. The lowest BCUT2D eigenvalue weighted by atomic mass is 9.94. The zero-order chi connectivity index (χ0) is 25.9. The maximum atomic E-state index is 13.4. The first kappa shape index (κ1) is 23.9. The minimum absolute atomic E-state index is 0.00930. The minimum Gasteiger partial charge on any atom is -0.507 e. The summed E-state index contributed by atoms with van der Waals surface area (Å²) in [6, 6.07) is 22.4. The second-order valence-electron chi connectivity index (χ2n) is 8.63. The second-order valence-corrected chi connectivity index (χ2v) is 8.63. The van der Waals surface area contributed by atoms with Crippen LogP contribution in [0.2, 0.25) is 0 Å². The van der Waals surface area contributed by atoms with E-state index < -0.39 is 17.7 Å². The van der Waals surface area contributed by atoms with Gasteiger partial charge in [-0.25, -0.2) is 0 Å². The lowest BCUT2D eigenvalue weighted by molar-refractivity contribution is -0.142. The van der Waals surface area contributed by atoms with Crippen LogP contribution in [-0.4, -0.2) is 34.4 Å². The fraction of sp³-hybridized carbons (Fsp3) is 0.133. The first-order valence-corrected chi connectivity index (χ1v) is 11.9. The Morgan fingerprint density at radius 2 is 1.73 bits per heavy atom. The molecule has 37 heavy (non-hydrogen) atoms. The van der Waals surface area contributed by atoms with Crippen molar-refractivity contribution in [1.29, 1.82) is 0 Å². The van der Waals surface area contributed by atoms with Crippen molar-refractivity contribution in [3.8, 4) is 0 Å². The highest BCUT2D eigenvalue weighted by Gasteiger charge is 2.47. The van der Waals surface area contributed by atoms with Crippen LogP contribution in [0.5, 0.6) is 0 Å². The topological polar surface area (TPSA) is 96.8 Å². The van der Waals surface area contributed by atoms with E-state index in [-0.39, 0.29) is 23.7 Å². The molecule has 4 aromatic rings. The van der Waals surface area contributed by atoms with E-state index in [9.17, 15) is 19.5 Å². The van der Waals surface area contributed by atoms with Crippen LogP contribution in [-0.2, 0) is 25.5 Å². The zero-order valence-corrected chi connectivity index (χ0v) is 20.1. The van der Waals surface area contributed by atoms with Gasteiger partial charge in [0, 0.05) is 23.6 Å². The molecule has 0 aliphatic carbocycles. The third-order valence-electron chi connectivity index (χ3n) is 6.36. The van der Waals surface area contributed by atoms with E-state index in [0.29, 0.717) is 29.0 Å². The van der Waals surface area contributed by atoms with E-state index >= 15 is 0 Å². The summed E-state index contributed by atoms with van der Waals surface area (Å²) in [5.41, 5.74) is 2.21. The van der Waals surface area contributed by atoms with E-state index in [4.69, 9.17) is 4.74 Å². The predicted octanol–water partition coefficient (Wildman–Crippen LogP) is 4.97. The summed E-state index contributed by atoms with van der Waals surface area (Å²) in [5, 5.41) is 13.2. The van der Waals surface area contributed by atoms with Crippen LogP contribution in [0.4, 0.5) is 5.69 Å². The molecule has 0 saturated carbocycles. The van der Waals surface area contributed by atoms with Crippen molar-refractivity contribution >= 4 is 39.9 Å². The van der Waals surface area contributed by atoms with Gasteiger partial charge in [-0.05, 0) is 47.0 Å². The van der Waals surface area contributed by atoms with E-state index in [1.165, 1.54) is 4.90 Å². The number of rotatable bonds is 6. The van der Waals surface area contributed by atoms with Gasteiger partial charge in [0.2, 0.25) is 0 Å². The third-order valence-corrected chi connectivity index (χ3v) is 6.36. The number of esters is 1. The number of Topliss-reactive ketones (excluding diaryl/α,β-unsaturated/α-hetero) is 1. The highest BCUT2D eigenvalue weighted by atomic mass is 16.5. The Bertz CT molecular complexity index is 1520. The van der Waals surface area contributed by atoms with Crippen molar-refractivity contribution in [3.63, 3.8) is 0 Å². The molecule has 5 rings (SSSR count). The molecule has 1 aliphatic heterocycles. The highest BCUT2D eigenvalue weighted by Crippen LogP contribution is 2.42. The van der Waals surface area contributed by atoms with Crippen LogP contribution in [0.25, 0.3) is 16.5 Å². The number of fused-ring (bicyclic) bond motifs is 1. The smallest absolute Gasteiger partial charge is 0.310 e. The molecule has 1 saturated heterocycles. The van der Waals surface area contributed by atoms with Crippen molar-refractivity contribution in [1.82, 2.24) is 4.98 Å². The van der Waals surface area contributed by atoms with Crippen LogP contribution in [0.3, 0.4) is 0 Å². The molecule has 1 unspecified atom stereocenters. The molecule has 1 atom stereocenters. The molecular formula is C30H24N2O5. The predicted molar refractivity (Wildman–Crippen MR) is 140 cm³/mol. The molecule has 1 aromatic heterocycles. The molecule has 1 N–H and O–H groups in total. The number of anilines is 1. The number of amides is 1. The quantitative estimate of drug-likeness (QED) is 0.177. The molecule has 1 fully saturated rings. The van der Waals surface area contributed by atoms with Crippen molar-refractivity contribution < 1.29 is 24.2 Å². The number of ether oxygens (including phenoxy) is 1. The molecule has 2 heterocycles. The van der Waals surface area contributed by atoms with Crippen LogP contribution in [0.1, 0.15) is 29.7 Å². The molecule has 0 radical (unpaired) electrons. The van der Waals surface area contributed by atoms with Gasteiger partial charge >= 0.3 is 5.97 Å². The Morgan fingerprint density at radius 1 is 0.973 bits per heavy atom. The Hall–Kier alpha value is -4.78. The number of carbonyl (C=O) groups is 3. The van der Waals surface area contributed by atoms with Crippen molar-refractivity contribution in [3.05, 3.63) is 114 Å². The fourth-order valence-electron chi connectivity index (χ4n) is 4.68. The summed E-state index contributed by atoms with van der Waals surface area (Å²) in [6.45, 7) is 2.04. The van der Waals surface area contributed by atoms with E-state index in [0.717, 1.165) is 10.8 Å². The van der Waals surface area contributed by atoms with Gasteiger partial charge in [0.15, 0.2) is 0 Å². The zero-order valence-electron chi connectivity index (χ0n) is 20.1. The normalized spacial score (nSPS) is 16.8. The molecule has 184 valence electrons. The number of carbonyl (C=O) groups excluding carboxylic acids is 3. The molecule has 1 amide bonds. The van der Waals surface area contributed by atoms with E-state index in [1.807, 2.05) is 30.3 Å². The Balaban J connectivity index is 1.63. The van der Waals surface area contributed by atoms with E-state index in [1.54, 1.807) is 67.8 Å². The van der Waals surface area contributed by atoms with Gasteiger partial charge in [0.25, 0.3) is 11.7 Å². The summed E-state index contributed by atoms with van der Waals surface area (Å²) < 4.78 is 5.01. The second kappa shape index (κ2) is 10.1. The van der Waals surface area contributed by atoms with Crippen molar-refractivity contribution in [2.24, 2.45) is 0 Å². The van der Waals surface area contributed by atoms with Gasteiger partial charge in [0.05, 0.1) is 24.6 Å². The number of hydrogen-bond donors (Lipinski definition) is 1. The summed E-state index contributed by atoms with van der Waals surface area (Å²) in [5.74, 6) is -2.13. The first-order chi connectivity index (χ1) is 18.0. The lowest BCUT2D eigenvalue weighted by Crippen LogP contribution is -2.29. The number of aliphatic hydroxyl groups excluding tert-OH is 1. The number of nitrogens with zero attached hydrogens (tertiary/aromatic N) is 2. The number of aromatic nitrogens is 1. The molecule has 1 aliphatic rings. The lowest BCUT2D eigenvalue weighted by Gasteiger charge is -2.25. The number of benzene rings is 3.